The van der Waals surface area contributed by atoms with Gasteiger partial charge in [0.2, 0.25) is 0 Å². The minimum absolute atomic E-state index is 0.00655. The van der Waals surface area contributed by atoms with Gasteiger partial charge >= 0.3 is 5.97 Å². The Balaban J connectivity index is 3.88. The lowest BCUT2D eigenvalue weighted by Crippen LogP contribution is -2.29. The highest BCUT2D eigenvalue weighted by Crippen LogP contribution is 2.08. The molecule has 1 atom stereocenters. The van der Waals surface area contributed by atoms with Crippen molar-refractivity contribution < 1.29 is 14.3 Å². The number of allylic oxidation sites excluding steroid dienone is 1. The monoisotopic (exact) mass is 217 g/mol. The van der Waals surface area contributed by atoms with Crippen molar-refractivity contribution in [3.05, 3.63) is 11.9 Å². The van der Waals surface area contributed by atoms with E-state index in [0.29, 0.717) is 5.84 Å². The van der Waals surface area contributed by atoms with E-state index in [0.717, 1.165) is 0 Å². The van der Waals surface area contributed by atoms with Crippen LogP contribution in [0.15, 0.2) is 16.9 Å². The van der Waals surface area contributed by atoms with Gasteiger partial charge in [0.05, 0.1) is 18.2 Å². The van der Waals surface area contributed by atoms with Crippen LogP contribution >= 0.6 is 0 Å². The molecule has 0 amide bonds. The topological polar surface area (TPSA) is 102 Å². The van der Waals surface area contributed by atoms with Gasteiger partial charge in [0, 0.05) is 6.42 Å². The molecule has 5 N–H and O–H groups in total. The van der Waals surface area contributed by atoms with Crippen LogP contribution < -0.4 is 11.5 Å². The minimum Gasteiger partial charge on any atom is -0.480 e. The van der Waals surface area contributed by atoms with Crippen molar-refractivity contribution in [1.29, 1.82) is 0 Å². The van der Waals surface area contributed by atoms with Crippen molar-refractivity contribution in [2.75, 3.05) is 6.54 Å². The third-order valence-electron chi connectivity index (χ3n) is 1.66. The summed E-state index contributed by atoms with van der Waals surface area (Å²) in [5.74, 6) is -1.17. The van der Waals surface area contributed by atoms with Gasteiger partial charge in [0.15, 0.2) is 0 Å². The zero-order valence-corrected chi connectivity index (χ0v) is 8.61. The average molecular weight is 217 g/mol. The molecule has 0 unspecified atom stereocenters. The van der Waals surface area contributed by atoms with Crippen molar-refractivity contribution in [1.82, 2.24) is 0 Å². The lowest BCUT2D eigenvalue weighted by Gasteiger charge is -2.03. The highest BCUT2D eigenvalue weighted by Gasteiger charge is 2.11. The van der Waals surface area contributed by atoms with Crippen LogP contribution in [-0.4, -0.2) is 29.5 Å². The molecule has 5 nitrogen and oxygen atoms in total. The van der Waals surface area contributed by atoms with Crippen molar-refractivity contribution in [2.24, 2.45) is 16.5 Å². The van der Waals surface area contributed by atoms with E-state index < -0.39 is 17.8 Å². The van der Waals surface area contributed by atoms with Crippen LogP contribution in [0.5, 0.6) is 0 Å². The molecular weight excluding hydrogens is 201 g/mol. The van der Waals surface area contributed by atoms with Gasteiger partial charge in [-0.15, -0.1) is 0 Å². The Morgan fingerprint density at radius 2 is 2.27 bits per heavy atom. The molecule has 0 aromatic heterocycles. The summed E-state index contributed by atoms with van der Waals surface area (Å²) in [5.41, 5.74) is 10.4. The Morgan fingerprint density at radius 1 is 1.67 bits per heavy atom. The number of aliphatic carboxylic acids is 1. The number of hydrogen-bond donors (Lipinski definition) is 3. The van der Waals surface area contributed by atoms with Gasteiger partial charge < -0.3 is 16.6 Å². The molecule has 0 fully saturated rings. The molecule has 0 radical (unpaired) electrons. The summed E-state index contributed by atoms with van der Waals surface area (Å²) in [4.78, 5) is 14.1. The fourth-order valence-corrected chi connectivity index (χ4v) is 0.808. The van der Waals surface area contributed by atoms with Crippen LogP contribution in [0.1, 0.15) is 19.8 Å². The van der Waals surface area contributed by atoms with Gasteiger partial charge in [-0.3, -0.25) is 9.79 Å². The lowest BCUT2D eigenvalue weighted by atomic mass is 10.1. The molecular formula is C9H16FN3O2. The van der Waals surface area contributed by atoms with Crippen LogP contribution in [-0.2, 0) is 4.79 Å². The highest BCUT2D eigenvalue weighted by atomic mass is 19.1. The summed E-state index contributed by atoms with van der Waals surface area (Å²) in [6.45, 7) is 1.77. The van der Waals surface area contributed by atoms with Crippen LogP contribution in [0.2, 0.25) is 0 Å². The smallest absolute Gasteiger partial charge is 0.320 e. The zero-order valence-electron chi connectivity index (χ0n) is 8.61. The van der Waals surface area contributed by atoms with Crippen molar-refractivity contribution in [3.8, 4) is 0 Å². The molecule has 0 aliphatic heterocycles. The van der Waals surface area contributed by atoms with Gasteiger partial charge in [-0.05, 0) is 19.4 Å². The first-order valence-electron chi connectivity index (χ1n) is 4.53. The Morgan fingerprint density at radius 3 is 2.73 bits per heavy atom. The molecule has 0 rings (SSSR count). The van der Waals surface area contributed by atoms with Gasteiger partial charge in [0.1, 0.15) is 6.04 Å². The number of aliphatic imine (C=N–C) groups is 1. The zero-order chi connectivity index (χ0) is 11.8. The van der Waals surface area contributed by atoms with E-state index in [9.17, 15) is 9.18 Å². The molecule has 0 aromatic rings. The van der Waals surface area contributed by atoms with Crippen molar-refractivity contribution >= 4 is 11.8 Å². The SMILES string of the molecule is CC(N)=NC/C=C(\F)CC[C@@H](N)C(=O)O. The molecule has 6 heteroatoms. The number of carboxylic acid groups (broad SMARTS) is 1. The lowest BCUT2D eigenvalue weighted by molar-refractivity contribution is -0.138. The molecule has 0 saturated heterocycles. The minimum atomic E-state index is -1.13. The molecule has 0 heterocycles. The first-order valence-corrected chi connectivity index (χ1v) is 4.53. The van der Waals surface area contributed by atoms with E-state index in [2.05, 4.69) is 4.99 Å². The van der Waals surface area contributed by atoms with Crippen LogP contribution in [0.3, 0.4) is 0 Å². The predicted molar refractivity (Wildman–Crippen MR) is 56.2 cm³/mol. The maximum absolute atomic E-state index is 13.0. The molecule has 0 saturated carbocycles. The summed E-state index contributed by atoms with van der Waals surface area (Å²) < 4.78 is 13.0. The largest absolute Gasteiger partial charge is 0.480 e. The van der Waals surface area contributed by atoms with Gasteiger partial charge in [-0.2, -0.15) is 0 Å². The maximum Gasteiger partial charge on any atom is 0.320 e. The van der Waals surface area contributed by atoms with E-state index in [1.165, 1.54) is 6.08 Å². The van der Waals surface area contributed by atoms with E-state index >= 15 is 0 Å². The third kappa shape index (κ3) is 7.63. The quantitative estimate of drug-likeness (QED) is 0.443. The summed E-state index contributed by atoms with van der Waals surface area (Å²) >= 11 is 0. The molecule has 0 aromatic carbocycles. The number of rotatable bonds is 6. The summed E-state index contributed by atoms with van der Waals surface area (Å²) in [5, 5.41) is 8.44. The number of nitrogens with zero attached hydrogens (tertiary/aromatic N) is 1. The number of carbonyl (C=O) groups is 1. The number of carboxylic acids is 1. The number of hydrogen-bond acceptors (Lipinski definition) is 3. The van der Waals surface area contributed by atoms with Crippen LogP contribution in [0.4, 0.5) is 4.39 Å². The van der Waals surface area contributed by atoms with Gasteiger partial charge in [0.25, 0.3) is 0 Å². The number of halogens is 1. The molecule has 86 valence electrons. The van der Waals surface area contributed by atoms with Crippen molar-refractivity contribution in [2.45, 2.75) is 25.8 Å². The second-order valence-electron chi connectivity index (χ2n) is 3.12. The maximum atomic E-state index is 13.0. The third-order valence-corrected chi connectivity index (χ3v) is 1.66. The second-order valence-corrected chi connectivity index (χ2v) is 3.12. The fourth-order valence-electron chi connectivity index (χ4n) is 0.808. The average Bonchev–Trinajstić information content (AvgIpc) is 2.13. The second kappa shape index (κ2) is 6.94. The van der Waals surface area contributed by atoms with Gasteiger partial charge in [-0.25, -0.2) is 4.39 Å². The molecule has 0 aliphatic rings. The molecule has 15 heavy (non-hydrogen) atoms. The van der Waals surface area contributed by atoms with Crippen LogP contribution in [0.25, 0.3) is 0 Å². The fraction of sp³-hybridized carbons (Fsp3) is 0.556. The van der Waals surface area contributed by atoms with E-state index in [4.69, 9.17) is 16.6 Å². The Bertz CT molecular complexity index is 273. The number of nitrogens with two attached hydrogens (primary N) is 2. The summed E-state index contributed by atoms with van der Waals surface area (Å²) in [6, 6.07) is -1.02. The highest BCUT2D eigenvalue weighted by molar-refractivity contribution is 5.77. The van der Waals surface area contributed by atoms with E-state index in [1.54, 1.807) is 6.92 Å². The van der Waals surface area contributed by atoms with E-state index in [-0.39, 0.29) is 19.4 Å². The molecule has 0 aliphatic carbocycles. The number of amidine groups is 1. The normalized spacial score (nSPS) is 15.1. The Labute approximate surface area is 87.7 Å². The standard InChI is InChI=1S/C9H16FN3O2/c1-6(11)13-5-4-7(10)2-3-8(12)9(14)15/h4,8H,2-3,5,12H2,1H3,(H2,11,13)(H,14,15)/b7-4-/t8-/m1/s1. The Hall–Kier alpha value is -1.43. The first kappa shape index (κ1) is 13.6. The van der Waals surface area contributed by atoms with Crippen LogP contribution in [0, 0.1) is 0 Å². The summed E-state index contributed by atoms with van der Waals surface area (Å²) in [7, 11) is 0. The van der Waals surface area contributed by atoms with E-state index in [1.807, 2.05) is 0 Å². The molecule has 0 spiro atoms. The first-order chi connectivity index (χ1) is 6.93. The Kier molecular flexibility index (Phi) is 6.28. The summed E-state index contributed by atoms with van der Waals surface area (Å²) in [6.07, 6.45) is 1.33. The van der Waals surface area contributed by atoms with Gasteiger partial charge in [-0.1, -0.05) is 0 Å². The predicted octanol–water partition coefficient (Wildman–Crippen LogP) is 0.409. The van der Waals surface area contributed by atoms with Crippen molar-refractivity contribution in [3.63, 3.8) is 0 Å². The molecule has 0 bridgehead atoms.